The lowest BCUT2D eigenvalue weighted by Gasteiger charge is -2.05. The topological polar surface area (TPSA) is 115 Å². The van der Waals surface area contributed by atoms with Crippen molar-refractivity contribution < 1.29 is 5.11 Å². The van der Waals surface area contributed by atoms with E-state index in [-0.39, 0.29) is 12.2 Å². The van der Waals surface area contributed by atoms with Crippen molar-refractivity contribution >= 4 is 22.7 Å². The Morgan fingerprint density at radius 2 is 2.37 bits per heavy atom. The number of fused-ring (bicyclic) bond motifs is 1. The summed E-state index contributed by atoms with van der Waals surface area (Å²) in [5, 5.41) is 19.4. The number of nitrogens with one attached hydrogen (secondary N) is 3. The maximum atomic E-state index is 11.7. The molecule has 0 spiro atoms. The molecule has 0 radical (unpaired) electrons. The van der Waals surface area contributed by atoms with Crippen LogP contribution in [0.4, 0.5) is 0 Å². The molecule has 4 N–H and O–H groups in total. The number of aliphatic hydroxyl groups is 1. The van der Waals surface area contributed by atoms with Gasteiger partial charge in [0.15, 0.2) is 0 Å². The molecule has 0 saturated heterocycles. The van der Waals surface area contributed by atoms with Crippen molar-refractivity contribution in [1.82, 2.24) is 20.3 Å². The summed E-state index contributed by atoms with van der Waals surface area (Å²) in [7, 11) is 0. The molecule has 0 aliphatic rings. The van der Waals surface area contributed by atoms with Gasteiger partial charge in [-0.3, -0.25) is 9.78 Å². The van der Waals surface area contributed by atoms with Crippen molar-refractivity contribution in [3.8, 4) is 0 Å². The van der Waals surface area contributed by atoms with Gasteiger partial charge in [0, 0.05) is 30.7 Å². The number of H-pyrrole nitrogens is 1. The molecule has 7 heteroatoms. The van der Waals surface area contributed by atoms with Gasteiger partial charge in [0.05, 0.1) is 24.0 Å². The predicted octanol–water partition coefficient (Wildman–Crippen LogP) is -0.110. The van der Waals surface area contributed by atoms with Crippen LogP contribution >= 0.6 is 0 Å². The van der Waals surface area contributed by atoms with Crippen LogP contribution in [0.15, 0.2) is 29.6 Å². The first kappa shape index (κ1) is 12.9. The Labute approximate surface area is 108 Å². The first-order valence-electron chi connectivity index (χ1n) is 5.65. The summed E-state index contributed by atoms with van der Waals surface area (Å²) in [5.41, 5.74) is 1.12. The smallest absolute Gasteiger partial charge is 0.258 e. The molecule has 2 heterocycles. The Kier molecular flexibility index (Phi) is 3.99. The summed E-state index contributed by atoms with van der Waals surface area (Å²) in [5.74, 6) is 0. The van der Waals surface area contributed by atoms with Crippen LogP contribution in [0.5, 0.6) is 0 Å². The standard InChI is InChI=1S/C12H13N5O2/c13-5-8(6-14-3-4-18)10-11-9(1-2-15-10)12(19)17-7-16-11/h1-2,5-7,13-14,18H,3-4H2,(H,16,17,19)/b8-6+,13-5?. The minimum Gasteiger partial charge on any atom is -0.395 e. The van der Waals surface area contributed by atoms with Crippen molar-refractivity contribution in [3.63, 3.8) is 0 Å². The fourth-order valence-electron chi connectivity index (χ4n) is 1.64. The zero-order valence-electron chi connectivity index (χ0n) is 10.1. The van der Waals surface area contributed by atoms with E-state index in [0.29, 0.717) is 28.7 Å². The van der Waals surface area contributed by atoms with Crippen LogP contribution in [0.25, 0.3) is 16.5 Å². The number of hydrogen-bond acceptors (Lipinski definition) is 6. The lowest BCUT2D eigenvalue weighted by molar-refractivity contribution is 0.298. The molecule has 0 aromatic carbocycles. The minimum atomic E-state index is -0.249. The fourth-order valence-corrected chi connectivity index (χ4v) is 1.64. The first-order valence-corrected chi connectivity index (χ1v) is 5.65. The monoisotopic (exact) mass is 259 g/mol. The van der Waals surface area contributed by atoms with E-state index in [0.717, 1.165) is 6.21 Å². The van der Waals surface area contributed by atoms with E-state index in [1.807, 2.05) is 0 Å². The van der Waals surface area contributed by atoms with E-state index in [9.17, 15) is 4.79 Å². The summed E-state index contributed by atoms with van der Waals surface area (Å²) < 4.78 is 0. The number of allylic oxidation sites excluding steroid dienone is 1. The molecule has 2 aromatic rings. The van der Waals surface area contributed by atoms with Crippen molar-refractivity contribution in [2.75, 3.05) is 13.2 Å². The molecule has 0 bridgehead atoms. The normalized spacial score (nSPS) is 11.5. The molecule has 0 atom stereocenters. The lowest BCUT2D eigenvalue weighted by atomic mass is 10.1. The zero-order chi connectivity index (χ0) is 13.7. The highest BCUT2D eigenvalue weighted by molar-refractivity contribution is 6.11. The fraction of sp³-hybridized carbons (Fsp3) is 0.167. The molecule has 0 saturated carbocycles. The van der Waals surface area contributed by atoms with E-state index in [2.05, 4.69) is 20.3 Å². The van der Waals surface area contributed by atoms with Crippen molar-refractivity contribution in [2.24, 2.45) is 0 Å². The van der Waals surface area contributed by atoms with E-state index in [1.54, 1.807) is 12.3 Å². The van der Waals surface area contributed by atoms with Crippen molar-refractivity contribution in [1.29, 1.82) is 5.41 Å². The van der Waals surface area contributed by atoms with Crippen LogP contribution in [-0.4, -0.2) is 39.4 Å². The number of pyridine rings is 1. The Morgan fingerprint density at radius 3 is 3.11 bits per heavy atom. The average molecular weight is 259 g/mol. The van der Waals surface area contributed by atoms with Gasteiger partial charge in [-0.15, -0.1) is 0 Å². The van der Waals surface area contributed by atoms with E-state index in [4.69, 9.17) is 10.5 Å². The molecule has 0 aliphatic heterocycles. The second-order valence-electron chi connectivity index (χ2n) is 3.71. The number of nitrogens with zero attached hydrogens (tertiary/aromatic N) is 2. The summed E-state index contributed by atoms with van der Waals surface area (Å²) in [4.78, 5) is 22.4. The number of aliphatic hydroxyl groups excluding tert-OH is 1. The number of hydrogen-bond donors (Lipinski definition) is 4. The number of aromatic nitrogens is 3. The minimum absolute atomic E-state index is 0.0112. The maximum absolute atomic E-state index is 11.7. The third kappa shape index (κ3) is 2.66. The van der Waals surface area contributed by atoms with Gasteiger partial charge in [-0.25, -0.2) is 4.98 Å². The van der Waals surface area contributed by atoms with Gasteiger partial charge in [0.1, 0.15) is 5.52 Å². The Balaban J connectivity index is 2.55. The molecule has 0 unspecified atom stereocenters. The molecule has 98 valence electrons. The number of rotatable bonds is 5. The highest BCUT2D eigenvalue weighted by Gasteiger charge is 2.09. The molecule has 0 aliphatic carbocycles. The number of aromatic amines is 1. The van der Waals surface area contributed by atoms with Gasteiger partial charge in [0.25, 0.3) is 5.56 Å². The Bertz CT molecular complexity index is 677. The van der Waals surface area contributed by atoms with Crippen LogP contribution in [0.1, 0.15) is 5.69 Å². The van der Waals surface area contributed by atoms with Crippen LogP contribution in [0.2, 0.25) is 0 Å². The van der Waals surface area contributed by atoms with Crippen LogP contribution in [0.3, 0.4) is 0 Å². The van der Waals surface area contributed by atoms with Crippen molar-refractivity contribution in [2.45, 2.75) is 0 Å². The summed E-state index contributed by atoms with van der Waals surface area (Å²) in [6, 6.07) is 1.58. The van der Waals surface area contributed by atoms with Gasteiger partial charge in [-0.05, 0) is 6.07 Å². The molecule has 0 amide bonds. The average Bonchev–Trinajstić information content (AvgIpc) is 2.44. The van der Waals surface area contributed by atoms with E-state index in [1.165, 1.54) is 12.5 Å². The summed E-state index contributed by atoms with van der Waals surface area (Å²) in [6.07, 6.45) is 5.49. The quantitative estimate of drug-likeness (QED) is 0.442. The van der Waals surface area contributed by atoms with Gasteiger partial charge >= 0.3 is 0 Å². The molecular weight excluding hydrogens is 246 g/mol. The largest absolute Gasteiger partial charge is 0.395 e. The van der Waals surface area contributed by atoms with Crippen LogP contribution < -0.4 is 10.9 Å². The third-order valence-corrected chi connectivity index (χ3v) is 2.50. The second kappa shape index (κ2) is 5.87. The third-order valence-electron chi connectivity index (χ3n) is 2.50. The van der Waals surface area contributed by atoms with Crippen LogP contribution in [-0.2, 0) is 0 Å². The highest BCUT2D eigenvalue weighted by atomic mass is 16.3. The van der Waals surface area contributed by atoms with Gasteiger partial charge in [-0.2, -0.15) is 0 Å². The molecule has 0 fully saturated rings. The summed E-state index contributed by atoms with van der Waals surface area (Å²) >= 11 is 0. The Morgan fingerprint density at radius 1 is 1.53 bits per heavy atom. The first-order chi connectivity index (χ1) is 9.27. The molecular formula is C12H13N5O2. The highest BCUT2D eigenvalue weighted by Crippen LogP contribution is 2.16. The van der Waals surface area contributed by atoms with Gasteiger partial charge < -0.3 is 20.8 Å². The second-order valence-corrected chi connectivity index (χ2v) is 3.71. The van der Waals surface area contributed by atoms with E-state index >= 15 is 0 Å². The zero-order valence-corrected chi connectivity index (χ0v) is 10.1. The van der Waals surface area contributed by atoms with E-state index < -0.39 is 0 Å². The van der Waals surface area contributed by atoms with Crippen molar-refractivity contribution in [3.05, 3.63) is 40.8 Å². The molecule has 7 nitrogen and oxygen atoms in total. The SMILES string of the molecule is N=C/C(=C\NCCO)c1nccc2c(=O)[nH]cnc12. The van der Waals surface area contributed by atoms with Crippen LogP contribution in [0, 0.1) is 5.41 Å². The predicted molar refractivity (Wildman–Crippen MR) is 72.0 cm³/mol. The molecule has 2 aromatic heterocycles. The maximum Gasteiger partial charge on any atom is 0.258 e. The van der Waals surface area contributed by atoms with Gasteiger partial charge in [-0.1, -0.05) is 0 Å². The molecule has 19 heavy (non-hydrogen) atoms. The lowest BCUT2D eigenvalue weighted by Crippen LogP contribution is -2.13. The van der Waals surface area contributed by atoms with Gasteiger partial charge in [0.2, 0.25) is 0 Å². The molecule has 2 rings (SSSR count). The Hall–Kier alpha value is -2.54. The summed E-state index contributed by atoms with van der Waals surface area (Å²) in [6.45, 7) is 0.360.